The average molecular weight is 363 g/mol. The van der Waals surface area contributed by atoms with Crippen molar-refractivity contribution in [2.24, 2.45) is 0 Å². The summed E-state index contributed by atoms with van der Waals surface area (Å²) in [4.78, 5) is 16.5. The molecule has 0 spiro atoms. The van der Waals surface area contributed by atoms with Crippen LogP contribution in [-0.4, -0.2) is 16.7 Å². The zero-order chi connectivity index (χ0) is 19.4. The van der Waals surface area contributed by atoms with E-state index in [1.54, 1.807) is 6.20 Å². The number of nitrogens with one attached hydrogen (secondary N) is 1. The highest BCUT2D eigenvalue weighted by Crippen LogP contribution is 2.25. The maximum absolute atomic E-state index is 12.3. The molecule has 0 saturated heterocycles. The second kappa shape index (κ2) is 8.08. The Morgan fingerprint density at radius 2 is 1.81 bits per heavy atom. The number of aryl methyl sites for hydroxylation is 3. The van der Waals surface area contributed by atoms with Gasteiger partial charge in [0, 0.05) is 5.69 Å². The summed E-state index contributed by atoms with van der Waals surface area (Å²) in [6.07, 6.45) is 2.60. The number of hydrogen-bond donors (Lipinski definition) is 1. The Labute approximate surface area is 159 Å². The third kappa shape index (κ3) is 4.19. The molecule has 0 saturated carbocycles. The van der Waals surface area contributed by atoms with Gasteiger partial charge in [-0.05, 0) is 48.6 Å². The fraction of sp³-hybridized carbons (Fsp3) is 0.273. The first-order chi connectivity index (χ1) is 13.0. The molecule has 0 aliphatic heterocycles. The maximum Gasteiger partial charge on any atom is 0.316 e. The molecule has 140 valence electrons. The number of hydrogen-bond acceptors (Lipinski definition) is 4. The molecule has 0 aliphatic rings. The van der Waals surface area contributed by atoms with Crippen LogP contribution in [0.25, 0.3) is 0 Å². The summed E-state index contributed by atoms with van der Waals surface area (Å²) in [5.41, 5.74) is 5.34. The molecular formula is C22H25N3O2. The quantitative estimate of drug-likeness (QED) is 0.712. The van der Waals surface area contributed by atoms with Gasteiger partial charge in [0.1, 0.15) is 0 Å². The fourth-order valence-corrected chi connectivity index (χ4v) is 3.02. The van der Waals surface area contributed by atoms with Crippen molar-refractivity contribution < 1.29 is 4.74 Å². The number of anilines is 2. The normalized spacial score (nSPS) is 10.7. The molecule has 0 radical (unpaired) electrons. The van der Waals surface area contributed by atoms with E-state index >= 15 is 0 Å². The van der Waals surface area contributed by atoms with Gasteiger partial charge in [-0.25, -0.2) is 0 Å². The lowest BCUT2D eigenvalue weighted by atomic mass is 10.0. The molecule has 27 heavy (non-hydrogen) atoms. The smallest absolute Gasteiger partial charge is 0.316 e. The molecule has 2 aromatic carbocycles. The highest BCUT2D eigenvalue weighted by molar-refractivity contribution is 5.61. The van der Waals surface area contributed by atoms with Gasteiger partial charge < -0.3 is 14.6 Å². The lowest BCUT2D eigenvalue weighted by Crippen LogP contribution is -2.19. The molecule has 5 nitrogen and oxygen atoms in total. The number of rotatable bonds is 6. The third-order valence-electron chi connectivity index (χ3n) is 4.73. The van der Waals surface area contributed by atoms with Crippen LogP contribution in [0.3, 0.4) is 0 Å². The number of aromatic nitrogens is 2. The average Bonchev–Trinajstić information content (AvgIpc) is 2.67. The van der Waals surface area contributed by atoms with Gasteiger partial charge in [-0.2, -0.15) is 4.98 Å². The standard InChI is InChI=1S/C22H25N3O2/c1-5-18-11-15(2)16(3)12-19(18)23-22-24-21(26)20(27-4)14-25(22)13-17-9-7-6-8-10-17/h6-12,14H,5,13H2,1-4H3,(H,23,24,26). The number of benzene rings is 2. The first kappa shape index (κ1) is 18.7. The Morgan fingerprint density at radius 1 is 1.11 bits per heavy atom. The van der Waals surface area contributed by atoms with Gasteiger partial charge in [-0.15, -0.1) is 0 Å². The van der Waals surface area contributed by atoms with Crippen molar-refractivity contribution in [1.29, 1.82) is 0 Å². The minimum Gasteiger partial charge on any atom is -0.490 e. The largest absolute Gasteiger partial charge is 0.490 e. The van der Waals surface area contributed by atoms with Crippen LogP contribution in [0, 0.1) is 13.8 Å². The van der Waals surface area contributed by atoms with E-state index in [4.69, 9.17) is 4.74 Å². The molecular weight excluding hydrogens is 338 g/mol. The Morgan fingerprint density at radius 3 is 2.48 bits per heavy atom. The van der Waals surface area contributed by atoms with Crippen molar-refractivity contribution in [2.75, 3.05) is 12.4 Å². The second-order valence-corrected chi connectivity index (χ2v) is 6.62. The third-order valence-corrected chi connectivity index (χ3v) is 4.73. The van der Waals surface area contributed by atoms with Crippen molar-refractivity contribution in [2.45, 2.75) is 33.7 Å². The Hall–Kier alpha value is -3.08. The summed E-state index contributed by atoms with van der Waals surface area (Å²) in [7, 11) is 1.48. The van der Waals surface area contributed by atoms with E-state index in [9.17, 15) is 4.79 Å². The summed E-state index contributed by atoms with van der Waals surface area (Å²) in [5, 5.41) is 3.37. The van der Waals surface area contributed by atoms with E-state index in [2.05, 4.69) is 43.2 Å². The summed E-state index contributed by atoms with van der Waals surface area (Å²) in [6, 6.07) is 14.3. The molecule has 1 aromatic heterocycles. The van der Waals surface area contributed by atoms with Gasteiger partial charge in [0.2, 0.25) is 11.7 Å². The highest BCUT2D eigenvalue weighted by Gasteiger charge is 2.12. The number of methoxy groups -OCH3 is 1. The Bertz CT molecular complexity index is 994. The molecule has 0 aliphatic carbocycles. The predicted octanol–water partition coefficient (Wildman–Crippen LogP) is 4.22. The van der Waals surface area contributed by atoms with Crippen LogP contribution in [-0.2, 0) is 13.0 Å². The first-order valence-electron chi connectivity index (χ1n) is 9.08. The highest BCUT2D eigenvalue weighted by atomic mass is 16.5. The first-order valence-corrected chi connectivity index (χ1v) is 9.08. The molecule has 0 fully saturated rings. The molecule has 3 aromatic rings. The molecule has 0 unspecified atom stereocenters. The van der Waals surface area contributed by atoms with Gasteiger partial charge in [0.25, 0.3) is 0 Å². The molecule has 1 heterocycles. The summed E-state index contributed by atoms with van der Waals surface area (Å²) >= 11 is 0. The van der Waals surface area contributed by atoms with Crippen molar-refractivity contribution in [3.8, 4) is 5.75 Å². The van der Waals surface area contributed by atoms with Crippen LogP contribution in [0.5, 0.6) is 5.75 Å². The van der Waals surface area contributed by atoms with Crippen LogP contribution in [0.1, 0.15) is 29.2 Å². The van der Waals surface area contributed by atoms with Crippen molar-refractivity contribution in [3.63, 3.8) is 0 Å². The maximum atomic E-state index is 12.3. The van der Waals surface area contributed by atoms with Crippen molar-refractivity contribution in [1.82, 2.24) is 9.55 Å². The fourth-order valence-electron chi connectivity index (χ4n) is 3.02. The van der Waals surface area contributed by atoms with Gasteiger partial charge in [0.15, 0.2) is 0 Å². The minimum atomic E-state index is -0.383. The van der Waals surface area contributed by atoms with Crippen molar-refractivity contribution >= 4 is 11.6 Å². The second-order valence-electron chi connectivity index (χ2n) is 6.62. The topological polar surface area (TPSA) is 56.1 Å². The van der Waals surface area contributed by atoms with Crippen LogP contribution < -0.4 is 15.6 Å². The zero-order valence-corrected chi connectivity index (χ0v) is 16.2. The van der Waals surface area contributed by atoms with Crippen molar-refractivity contribution in [3.05, 3.63) is 81.3 Å². The zero-order valence-electron chi connectivity index (χ0n) is 16.2. The lowest BCUT2D eigenvalue weighted by molar-refractivity contribution is 0.402. The Balaban J connectivity index is 2.05. The molecule has 0 atom stereocenters. The summed E-state index contributed by atoms with van der Waals surface area (Å²) in [5.74, 6) is 0.731. The van der Waals surface area contributed by atoms with Gasteiger partial charge in [0.05, 0.1) is 19.9 Å². The molecule has 3 rings (SSSR count). The molecule has 1 N–H and O–H groups in total. The van der Waals surface area contributed by atoms with E-state index in [0.29, 0.717) is 12.5 Å². The van der Waals surface area contributed by atoms with E-state index in [1.165, 1.54) is 23.8 Å². The van der Waals surface area contributed by atoms with Gasteiger partial charge >= 0.3 is 5.56 Å². The monoisotopic (exact) mass is 363 g/mol. The Kier molecular flexibility index (Phi) is 5.60. The van der Waals surface area contributed by atoms with E-state index in [-0.39, 0.29) is 11.3 Å². The van der Waals surface area contributed by atoms with Crippen LogP contribution >= 0.6 is 0 Å². The SMILES string of the molecule is CCc1cc(C)c(C)cc1Nc1nc(=O)c(OC)cn1Cc1ccccc1. The summed E-state index contributed by atoms with van der Waals surface area (Å²) in [6.45, 7) is 6.89. The summed E-state index contributed by atoms with van der Waals surface area (Å²) < 4.78 is 7.09. The van der Waals surface area contributed by atoms with E-state index < -0.39 is 0 Å². The van der Waals surface area contributed by atoms with Gasteiger partial charge in [-0.3, -0.25) is 4.79 Å². The number of nitrogens with zero attached hydrogens (tertiary/aromatic N) is 2. The van der Waals surface area contributed by atoms with Gasteiger partial charge in [-0.1, -0.05) is 43.3 Å². The van der Waals surface area contributed by atoms with E-state index in [1.807, 2.05) is 34.9 Å². The molecule has 5 heteroatoms. The van der Waals surface area contributed by atoms with Crippen LogP contribution in [0.15, 0.2) is 53.5 Å². The minimum absolute atomic E-state index is 0.229. The number of ether oxygens (including phenoxy) is 1. The van der Waals surface area contributed by atoms with Crippen LogP contribution in [0.4, 0.5) is 11.6 Å². The van der Waals surface area contributed by atoms with E-state index in [0.717, 1.165) is 17.7 Å². The predicted molar refractivity (Wildman–Crippen MR) is 109 cm³/mol. The van der Waals surface area contributed by atoms with Crippen LogP contribution in [0.2, 0.25) is 0 Å². The lowest BCUT2D eigenvalue weighted by Gasteiger charge is -2.18. The molecule has 0 amide bonds. The molecule has 0 bridgehead atoms.